The van der Waals surface area contributed by atoms with E-state index in [0.717, 1.165) is 0 Å². The summed E-state index contributed by atoms with van der Waals surface area (Å²) in [6, 6.07) is 5.00. The molecule has 0 heterocycles. The summed E-state index contributed by atoms with van der Waals surface area (Å²) < 4.78 is 4.97. The second-order valence-electron chi connectivity index (χ2n) is 3.60. The van der Waals surface area contributed by atoms with Crippen LogP contribution in [0.4, 0.5) is 0 Å². The van der Waals surface area contributed by atoms with Crippen LogP contribution >= 0.6 is 0 Å². The number of carbonyl (C=O) groups excluding carboxylic acids is 1. The Hall–Kier alpha value is -1.75. The summed E-state index contributed by atoms with van der Waals surface area (Å²) in [4.78, 5) is 11.1. The molecule has 1 aromatic rings. The molecule has 1 aromatic carbocycles. The lowest BCUT2D eigenvalue weighted by atomic mass is 9.96. The SMILES string of the molecule is COc1ccc([C@@H](C)CC(=O)NN)c(O)c1. The van der Waals surface area contributed by atoms with Gasteiger partial charge in [-0.1, -0.05) is 13.0 Å². The molecule has 5 heteroatoms. The molecule has 1 atom stereocenters. The molecule has 0 bridgehead atoms. The van der Waals surface area contributed by atoms with Crippen LogP contribution in [0.5, 0.6) is 11.5 Å². The molecule has 0 saturated heterocycles. The number of ether oxygens (including phenoxy) is 1. The van der Waals surface area contributed by atoms with E-state index < -0.39 is 0 Å². The van der Waals surface area contributed by atoms with E-state index in [-0.39, 0.29) is 24.0 Å². The predicted molar refractivity (Wildman–Crippen MR) is 60.0 cm³/mol. The van der Waals surface area contributed by atoms with Gasteiger partial charge < -0.3 is 9.84 Å². The fourth-order valence-corrected chi connectivity index (χ4v) is 1.51. The summed E-state index contributed by atoms with van der Waals surface area (Å²) in [5.41, 5.74) is 2.76. The van der Waals surface area contributed by atoms with Gasteiger partial charge in [-0.15, -0.1) is 0 Å². The summed E-state index contributed by atoms with van der Waals surface area (Å²) >= 11 is 0. The molecular weight excluding hydrogens is 208 g/mol. The number of nitrogens with two attached hydrogens (primary N) is 1. The highest BCUT2D eigenvalue weighted by Gasteiger charge is 2.14. The van der Waals surface area contributed by atoms with Crippen LogP contribution in [0.2, 0.25) is 0 Å². The standard InChI is InChI=1S/C11H16N2O3/c1-7(5-11(15)13-12)9-4-3-8(16-2)6-10(9)14/h3-4,6-7,14H,5,12H2,1-2H3,(H,13,15)/t7-/m0/s1. The Labute approximate surface area is 94.2 Å². The number of hydrogen-bond donors (Lipinski definition) is 3. The van der Waals surface area contributed by atoms with E-state index in [2.05, 4.69) is 5.43 Å². The number of hydrogen-bond acceptors (Lipinski definition) is 4. The number of nitrogens with one attached hydrogen (secondary N) is 1. The van der Waals surface area contributed by atoms with Crippen molar-refractivity contribution >= 4 is 5.91 Å². The van der Waals surface area contributed by atoms with Gasteiger partial charge in [-0.05, 0) is 17.5 Å². The minimum Gasteiger partial charge on any atom is -0.508 e. The molecule has 0 spiro atoms. The van der Waals surface area contributed by atoms with E-state index in [1.165, 1.54) is 13.2 Å². The van der Waals surface area contributed by atoms with Gasteiger partial charge in [0.25, 0.3) is 0 Å². The first-order valence-corrected chi connectivity index (χ1v) is 4.94. The number of rotatable bonds is 4. The average molecular weight is 224 g/mol. The van der Waals surface area contributed by atoms with Crippen molar-refractivity contribution in [2.45, 2.75) is 19.3 Å². The quantitative estimate of drug-likeness (QED) is 0.403. The third kappa shape index (κ3) is 2.87. The minimum atomic E-state index is -0.261. The molecule has 0 aliphatic heterocycles. The third-order valence-electron chi connectivity index (χ3n) is 2.42. The van der Waals surface area contributed by atoms with Gasteiger partial charge in [0.05, 0.1) is 7.11 Å². The molecule has 0 aromatic heterocycles. The van der Waals surface area contributed by atoms with Crippen LogP contribution in [-0.2, 0) is 4.79 Å². The fourth-order valence-electron chi connectivity index (χ4n) is 1.51. The van der Waals surface area contributed by atoms with E-state index >= 15 is 0 Å². The van der Waals surface area contributed by atoms with Crippen molar-refractivity contribution in [2.24, 2.45) is 5.84 Å². The lowest BCUT2D eigenvalue weighted by Gasteiger charge is -2.13. The highest BCUT2D eigenvalue weighted by Crippen LogP contribution is 2.30. The van der Waals surface area contributed by atoms with Crippen molar-refractivity contribution in [2.75, 3.05) is 7.11 Å². The monoisotopic (exact) mass is 224 g/mol. The molecule has 0 unspecified atom stereocenters. The number of amides is 1. The molecular formula is C11H16N2O3. The van der Waals surface area contributed by atoms with Crippen molar-refractivity contribution in [1.82, 2.24) is 5.43 Å². The van der Waals surface area contributed by atoms with Crippen LogP contribution in [-0.4, -0.2) is 18.1 Å². The van der Waals surface area contributed by atoms with Gasteiger partial charge in [0, 0.05) is 12.5 Å². The van der Waals surface area contributed by atoms with Crippen LogP contribution in [0, 0.1) is 0 Å². The first-order chi connectivity index (χ1) is 7.58. The fraction of sp³-hybridized carbons (Fsp3) is 0.364. The maximum atomic E-state index is 11.1. The first kappa shape index (κ1) is 12.3. The number of methoxy groups -OCH3 is 1. The van der Waals surface area contributed by atoms with Gasteiger partial charge in [0.2, 0.25) is 5.91 Å². The Morgan fingerprint density at radius 2 is 2.31 bits per heavy atom. The van der Waals surface area contributed by atoms with E-state index in [1.54, 1.807) is 12.1 Å². The molecule has 0 saturated carbocycles. The number of hydrazine groups is 1. The normalized spacial score (nSPS) is 11.9. The summed E-state index contributed by atoms with van der Waals surface area (Å²) in [5, 5.41) is 9.74. The lowest BCUT2D eigenvalue weighted by molar-refractivity contribution is -0.121. The van der Waals surface area contributed by atoms with E-state index in [0.29, 0.717) is 11.3 Å². The van der Waals surface area contributed by atoms with Crippen LogP contribution < -0.4 is 16.0 Å². The molecule has 5 nitrogen and oxygen atoms in total. The van der Waals surface area contributed by atoms with E-state index in [9.17, 15) is 9.90 Å². The number of phenolic OH excluding ortho intramolecular Hbond substituents is 1. The molecule has 0 fully saturated rings. The Morgan fingerprint density at radius 1 is 1.62 bits per heavy atom. The van der Waals surface area contributed by atoms with Gasteiger partial charge in [-0.25, -0.2) is 5.84 Å². The van der Waals surface area contributed by atoms with Gasteiger partial charge in [-0.2, -0.15) is 0 Å². The van der Waals surface area contributed by atoms with Gasteiger partial charge >= 0.3 is 0 Å². The van der Waals surface area contributed by atoms with Crippen molar-refractivity contribution in [3.8, 4) is 11.5 Å². The Bertz CT molecular complexity index is 379. The summed E-state index contributed by atoms with van der Waals surface area (Å²) in [6.07, 6.45) is 0.233. The molecule has 4 N–H and O–H groups in total. The highest BCUT2D eigenvalue weighted by molar-refractivity contribution is 5.76. The maximum Gasteiger partial charge on any atom is 0.234 e. The zero-order chi connectivity index (χ0) is 12.1. The van der Waals surface area contributed by atoms with Gasteiger partial charge in [-0.3, -0.25) is 10.2 Å². The van der Waals surface area contributed by atoms with E-state index in [1.807, 2.05) is 6.92 Å². The van der Waals surface area contributed by atoms with Crippen LogP contribution in [0.1, 0.15) is 24.8 Å². The highest BCUT2D eigenvalue weighted by atomic mass is 16.5. The molecule has 0 radical (unpaired) electrons. The van der Waals surface area contributed by atoms with Crippen LogP contribution in [0.15, 0.2) is 18.2 Å². The smallest absolute Gasteiger partial charge is 0.234 e. The maximum absolute atomic E-state index is 11.1. The van der Waals surface area contributed by atoms with Crippen LogP contribution in [0.25, 0.3) is 0 Å². The second-order valence-corrected chi connectivity index (χ2v) is 3.60. The Balaban J connectivity index is 2.83. The van der Waals surface area contributed by atoms with Gasteiger partial charge in [0.1, 0.15) is 11.5 Å². The van der Waals surface area contributed by atoms with Crippen molar-refractivity contribution in [3.05, 3.63) is 23.8 Å². The molecule has 1 rings (SSSR count). The lowest BCUT2D eigenvalue weighted by Crippen LogP contribution is -2.30. The minimum absolute atomic E-state index is 0.102. The summed E-state index contributed by atoms with van der Waals surface area (Å²) in [5.74, 6) is 5.34. The largest absolute Gasteiger partial charge is 0.508 e. The number of phenols is 1. The number of benzene rings is 1. The van der Waals surface area contributed by atoms with E-state index in [4.69, 9.17) is 10.6 Å². The molecule has 0 aliphatic rings. The third-order valence-corrected chi connectivity index (χ3v) is 2.42. The molecule has 0 aliphatic carbocycles. The van der Waals surface area contributed by atoms with Crippen molar-refractivity contribution in [1.29, 1.82) is 0 Å². The van der Waals surface area contributed by atoms with Crippen molar-refractivity contribution in [3.63, 3.8) is 0 Å². The zero-order valence-corrected chi connectivity index (χ0v) is 9.36. The molecule has 1 amide bonds. The topological polar surface area (TPSA) is 84.6 Å². The predicted octanol–water partition coefficient (Wildman–Crippen LogP) is 0.884. The van der Waals surface area contributed by atoms with Crippen molar-refractivity contribution < 1.29 is 14.6 Å². The van der Waals surface area contributed by atoms with Crippen LogP contribution in [0.3, 0.4) is 0 Å². The Kier molecular flexibility index (Phi) is 4.13. The summed E-state index contributed by atoms with van der Waals surface area (Å²) in [7, 11) is 1.53. The summed E-state index contributed by atoms with van der Waals surface area (Å²) in [6.45, 7) is 1.84. The number of carbonyl (C=O) groups is 1. The number of aromatic hydroxyl groups is 1. The first-order valence-electron chi connectivity index (χ1n) is 4.94. The molecule has 88 valence electrons. The second kappa shape index (κ2) is 5.37. The average Bonchev–Trinajstić information content (AvgIpc) is 2.28. The Morgan fingerprint density at radius 3 is 2.81 bits per heavy atom. The molecule has 16 heavy (non-hydrogen) atoms. The zero-order valence-electron chi connectivity index (χ0n) is 9.36. The van der Waals surface area contributed by atoms with Gasteiger partial charge in [0.15, 0.2) is 0 Å².